The minimum Gasteiger partial charge on any atom is -0.295 e. The summed E-state index contributed by atoms with van der Waals surface area (Å²) in [6, 6.07) is 11.1. The van der Waals surface area contributed by atoms with E-state index in [2.05, 4.69) is 12.6 Å². The van der Waals surface area contributed by atoms with Gasteiger partial charge in [-0.05, 0) is 24.6 Å². The van der Waals surface area contributed by atoms with Crippen molar-refractivity contribution < 1.29 is 17.8 Å². The lowest BCUT2D eigenvalue weighted by molar-refractivity contribution is 0.101. The minimum atomic E-state index is -4.44. The third-order valence-corrected chi connectivity index (χ3v) is 4.14. The summed E-state index contributed by atoms with van der Waals surface area (Å²) in [5, 5.41) is 0. The van der Waals surface area contributed by atoms with Crippen LogP contribution in [0, 0.1) is 0 Å². The lowest BCUT2D eigenvalue weighted by Crippen LogP contribution is -2.04. The summed E-state index contributed by atoms with van der Waals surface area (Å²) in [4.78, 5) is 11.6. The van der Waals surface area contributed by atoms with Crippen molar-refractivity contribution in [2.24, 2.45) is 0 Å². The van der Waals surface area contributed by atoms with Crippen LogP contribution in [0.1, 0.15) is 17.3 Å². The zero-order valence-electron chi connectivity index (χ0n) is 10.6. The molecule has 0 fully saturated rings. The maximum atomic E-state index is 11.5. The molecule has 0 bridgehead atoms. The van der Waals surface area contributed by atoms with Crippen LogP contribution in [-0.2, 0) is 10.1 Å². The molecular weight excluding hydrogens is 296 g/mol. The molecule has 0 atom stereocenters. The first-order chi connectivity index (χ1) is 9.30. The zero-order chi connectivity index (χ0) is 14.9. The third-order valence-electron chi connectivity index (χ3n) is 2.86. The Kier molecular flexibility index (Phi) is 3.99. The van der Waals surface area contributed by atoms with E-state index in [1.807, 2.05) is 0 Å². The fourth-order valence-corrected chi connectivity index (χ4v) is 2.89. The number of benzene rings is 2. The monoisotopic (exact) mass is 308 g/mol. The van der Waals surface area contributed by atoms with E-state index in [0.717, 1.165) is 0 Å². The minimum absolute atomic E-state index is 0.220. The molecule has 0 saturated heterocycles. The van der Waals surface area contributed by atoms with Crippen LogP contribution in [0.25, 0.3) is 11.1 Å². The molecule has 0 aliphatic carbocycles. The van der Waals surface area contributed by atoms with E-state index in [9.17, 15) is 17.8 Å². The van der Waals surface area contributed by atoms with Gasteiger partial charge in [-0.15, -0.1) is 12.6 Å². The van der Waals surface area contributed by atoms with Gasteiger partial charge in [0.05, 0.1) is 0 Å². The zero-order valence-corrected chi connectivity index (χ0v) is 12.3. The second-order valence-corrected chi connectivity index (χ2v) is 6.13. The summed E-state index contributed by atoms with van der Waals surface area (Å²) in [5.41, 5.74) is 1.10. The van der Waals surface area contributed by atoms with Gasteiger partial charge in [0.15, 0.2) is 5.78 Å². The molecule has 0 aliphatic heterocycles. The second kappa shape index (κ2) is 5.40. The smallest absolute Gasteiger partial charge is 0.295 e. The predicted octanol–water partition coefficient (Wildman–Crippen LogP) is 3.09. The number of hydrogen-bond donors (Lipinski definition) is 2. The summed E-state index contributed by atoms with van der Waals surface area (Å²) < 4.78 is 32.4. The fraction of sp³-hybridized carbons (Fsp3) is 0.0714. The molecule has 1 N–H and O–H groups in total. The molecule has 20 heavy (non-hydrogen) atoms. The quantitative estimate of drug-likeness (QED) is 0.519. The molecule has 0 radical (unpaired) electrons. The highest BCUT2D eigenvalue weighted by molar-refractivity contribution is 7.86. The molecule has 0 heterocycles. The van der Waals surface area contributed by atoms with Crippen LogP contribution in [0.3, 0.4) is 0 Å². The molecule has 0 amide bonds. The van der Waals surface area contributed by atoms with Gasteiger partial charge in [-0.3, -0.25) is 9.35 Å². The summed E-state index contributed by atoms with van der Waals surface area (Å²) >= 11 is 4.28. The first-order valence-corrected chi connectivity index (χ1v) is 7.60. The fourth-order valence-electron chi connectivity index (χ4n) is 1.88. The Bertz CT molecular complexity index is 780. The van der Waals surface area contributed by atoms with Crippen molar-refractivity contribution in [2.45, 2.75) is 16.7 Å². The normalized spacial score (nSPS) is 11.3. The van der Waals surface area contributed by atoms with Crippen molar-refractivity contribution >= 4 is 28.5 Å². The van der Waals surface area contributed by atoms with Crippen LogP contribution in [0.15, 0.2) is 52.3 Å². The number of rotatable bonds is 3. The molecule has 0 saturated carbocycles. The highest BCUT2D eigenvalue weighted by atomic mass is 32.2. The number of ketones is 1. The first-order valence-electron chi connectivity index (χ1n) is 5.71. The SMILES string of the molecule is CC(=O)c1ccc(-c2ccccc2S)c(S(=O)(=O)O)c1. The van der Waals surface area contributed by atoms with Crippen molar-refractivity contribution in [3.8, 4) is 11.1 Å². The molecule has 0 unspecified atom stereocenters. The molecule has 2 aromatic rings. The lowest BCUT2D eigenvalue weighted by atomic mass is 10.0. The highest BCUT2D eigenvalue weighted by Crippen LogP contribution is 2.32. The first kappa shape index (κ1) is 14.8. The van der Waals surface area contributed by atoms with Crippen molar-refractivity contribution in [1.82, 2.24) is 0 Å². The van der Waals surface area contributed by atoms with E-state index in [1.165, 1.54) is 25.1 Å². The third kappa shape index (κ3) is 2.92. The Morgan fingerprint density at radius 1 is 1.10 bits per heavy atom. The summed E-state index contributed by atoms with van der Waals surface area (Å²) in [5.74, 6) is -0.277. The topological polar surface area (TPSA) is 71.4 Å². The summed E-state index contributed by atoms with van der Waals surface area (Å²) in [6.07, 6.45) is 0. The van der Waals surface area contributed by atoms with E-state index < -0.39 is 10.1 Å². The number of carbonyl (C=O) groups is 1. The van der Waals surface area contributed by atoms with Gasteiger partial charge < -0.3 is 0 Å². The van der Waals surface area contributed by atoms with Gasteiger partial charge in [-0.25, -0.2) is 0 Å². The van der Waals surface area contributed by atoms with Crippen molar-refractivity contribution in [2.75, 3.05) is 0 Å². The Morgan fingerprint density at radius 2 is 1.75 bits per heavy atom. The Balaban J connectivity index is 2.78. The van der Waals surface area contributed by atoms with Crippen LogP contribution in [0.5, 0.6) is 0 Å². The maximum absolute atomic E-state index is 11.5. The molecule has 0 spiro atoms. The Hall–Kier alpha value is -1.63. The Labute approximate surface area is 122 Å². The molecule has 104 valence electrons. The molecule has 4 nitrogen and oxygen atoms in total. The summed E-state index contributed by atoms with van der Waals surface area (Å²) in [6.45, 7) is 1.33. The number of hydrogen-bond acceptors (Lipinski definition) is 4. The highest BCUT2D eigenvalue weighted by Gasteiger charge is 2.19. The van der Waals surface area contributed by atoms with E-state index in [1.54, 1.807) is 24.3 Å². The number of Topliss-reactive ketones (excluding diaryl/α,β-unsaturated/α-hetero) is 1. The average molecular weight is 308 g/mol. The van der Waals surface area contributed by atoms with Crippen molar-refractivity contribution in [1.29, 1.82) is 0 Å². The maximum Gasteiger partial charge on any atom is 0.295 e. The molecular formula is C14H12O4S2. The van der Waals surface area contributed by atoms with Gasteiger partial charge in [0, 0.05) is 16.0 Å². The Morgan fingerprint density at radius 3 is 2.30 bits per heavy atom. The van der Waals surface area contributed by atoms with Crippen LogP contribution in [0.2, 0.25) is 0 Å². The number of thiol groups is 1. The van der Waals surface area contributed by atoms with Gasteiger partial charge in [0.2, 0.25) is 0 Å². The largest absolute Gasteiger partial charge is 0.295 e. The van der Waals surface area contributed by atoms with Crippen LogP contribution in [0.4, 0.5) is 0 Å². The van der Waals surface area contributed by atoms with Gasteiger partial charge in [-0.2, -0.15) is 8.42 Å². The lowest BCUT2D eigenvalue weighted by Gasteiger charge is -2.10. The van der Waals surface area contributed by atoms with E-state index in [4.69, 9.17) is 0 Å². The molecule has 2 aromatic carbocycles. The van der Waals surface area contributed by atoms with Crippen LogP contribution >= 0.6 is 12.6 Å². The van der Waals surface area contributed by atoms with Crippen LogP contribution in [-0.4, -0.2) is 18.8 Å². The second-order valence-electron chi connectivity index (χ2n) is 4.26. The standard InChI is InChI=1S/C14H12O4S2/c1-9(15)10-6-7-12(14(8-10)20(16,17)18)11-4-2-3-5-13(11)19/h2-8,19H,1H3,(H,16,17,18). The van der Waals surface area contributed by atoms with Gasteiger partial charge >= 0.3 is 0 Å². The molecule has 6 heteroatoms. The average Bonchev–Trinajstić information content (AvgIpc) is 2.37. The van der Waals surface area contributed by atoms with Crippen LogP contribution < -0.4 is 0 Å². The number of carbonyl (C=O) groups excluding carboxylic acids is 1. The van der Waals surface area contributed by atoms with Gasteiger partial charge in [0.1, 0.15) is 4.90 Å². The molecule has 2 rings (SSSR count). The van der Waals surface area contributed by atoms with Gasteiger partial charge in [0.25, 0.3) is 10.1 Å². The van der Waals surface area contributed by atoms with E-state index in [-0.39, 0.29) is 16.2 Å². The van der Waals surface area contributed by atoms with E-state index in [0.29, 0.717) is 16.0 Å². The van der Waals surface area contributed by atoms with Gasteiger partial charge in [-0.1, -0.05) is 30.3 Å². The predicted molar refractivity (Wildman–Crippen MR) is 78.9 cm³/mol. The van der Waals surface area contributed by atoms with Crippen molar-refractivity contribution in [3.05, 3.63) is 48.0 Å². The van der Waals surface area contributed by atoms with Crippen molar-refractivity contribution in [3.63, 3.8) is 0 Å². The summed E-state index contributed by atoms with van der Waals surface area (Å²) in [7, 11) is -4.44. The molecule has 0 aromatic heterocycles. The van der Waals surface area contributed by atoms with E-state index >= 15 is 0 Å². The molecule has 0 aliphatic rings.